The molecule has 1 aromatic carbocycles. The van der Waals surface area contributed by atoms with Gasteiger partial charge in [-0.15, -0.1) is 0 Å². The Bertz CT molecular complexity index is 742. The summed E-state index contributed by atoms with van der Waals surface area (Å²) in [6.07, 6.45) is 3.94. The molecule has 1 aromatic heterocycles. The van der Waals surface area contributed by atoms with Crippen LogP contribution in [0.4, 0.5) is 4.39 Å². The first-order valence-corrected chi connectivity index (χ1v) is 7.68. The molecule has 1 aliphatic rings. The fourth-order valence-electron chi connectivity index (χ4n) is 3.23. The van der Waals surface area contributed by atoms with E-state index in [9.17, 15) is 9.18 Å². The Kier molecular flexibility index (Phi) is 3.66. The van der Waals surface area contributed by atoms with Gasteiger partial charge in [0.25, 0.3) is 0 Å². The molecule has 1 N–H and O–H groups in total. The van der Waals surface area contributed by atoms with Crippen LogP contribution in [0.2, 0.25) is 0 Å². The SMILES string of the molecule is Cc1cnc(CNC(=O)[C@]2(c3ccccc3F)CC2(C)C)cn1. The van der Waals surface area contributed by atoms with Crippen LogP contribution in [0, 0.1) is 18.2 Å². The number of amides is 1. The molecule has 2 aromatic rings. The lowest BCUT2D eigenvalue weighted by atomic mass is 9.86. The minimum absolute atomic E-state index is 0.157. The molecule has 1 heterocycles. The number of aryl methyl sites for hydroxylation is 1. The number of hydrogen-bond donors (Lipinski definition) is 1. The largest absolute Gasteiger partial charge is 0.350 e. The van der Waals surface area contributed by atoms with E-state index in [1.807, 2.05) is 20.8 Å². The zero-order chi connectivity index (χ0) is 16.7. The lowest BCUT2D eigenvalue weighted by Gasteiger charge is -2.21. The van der Waals surface area contributed by atoms with E-state index in [-0.39, 0.29) is 17.1 Å². The average Bonchev–Trinajstić information content (AvgIpc) is 3.10. The lowest BCUT2D eigenvalue weighted by Crippen LogP contribution is -2.38. The van der Waals surface area contributed by atoms with Gasteiger partial charge in [0, 0.05) is 11.8 Å². The van der Waals surface area contributed by atoms with Gasteiger partial charge in [-0.25, -0.2) is 4.39 Å². The van der Waals surface area contributed by atoms with Gasteiger partial charge < -0.3 is 5.32 Å². The van der Waals surface area contributed by atoms with Gasteiger partial charge in [-0.2, -0.15) is 0 Å². The van der Waals surface area contributed by atoms with Crippen LogP contribution in [-0.2, 0) is 16.8 Å². The van der Waals surface area contributed by atoms with E-state index < -0.39 is 5.41 Å². The molecule has 1 aliphatic carbocycles. The molecule has 4 nitrogen and oxygen atoms in total. The maximum atomic E-state index is 14.2. The van der Waals surface area contributed by atoms with Crippen LogP contribution in [0.1, 0.15) is 37.2 Å². The number of carbonyl (C=O) groups is 1. The Hall–Kier alpha value is -2.30. The van der Waals surface area contributed by atoms with Crippen molar-refractivity contribution in [3.63, 3.8) is 0 Å². The first-order chi connectivity index (χ1) is 10.9. The number of rotatable bonds is 4. The second-order valence-electron chi connectivity index (χ2n) is 6.78. The summed E-state index contributed by atoms with van der Waals surface area (Å²) in [5.74, 6) is -0.488. The van der Waals surface area contributed by atoms with Crippen LogP contribution in [0.15, 0.2) is 36.7 Å². The summed E-state index contributed by atoms with van der Waals surface area (Å²) in [4.78, 5) is 21.2. The van der Waals surface area contributed by atoms with Gasteiger partial charge in [0.05, 0.1) is 29.5 Å². The Labute approximate surface area is 135 Å². The highest BCUT2D eigenvalue weighted by Gasteiger charge is 2.67. The van der Waals surface area contributed by atoms with Crippen LogP contribution < -0.4 is 5.32 Å². The number of halogens is 1. The Morgan fingerprint density at radius 2 is 1.96 bits per heavy atom. The molecule has 5 heteroatoms. The minimum Gasteiger partial charge on any atom is -0.350 e. The molecule has 0 spiro atoms. The van der Waals surface area contributed by atoms with Gasteiger partial charge >= 0.3 is 0 Å². The summed E-state index contributed by atoms with van der Waals surface area (Å²) in [6.45, 7) is 6.13. The number of carbonyl (C=O) groups excluding carboxylic acids is 1. The van der Waals surface area contributed by atoms with Crippen molar-refractivity contribution in [2.45, 2.75) is 39.2 Å². The molecule has 1 amide bonds. The van der Waals surface area contributed by atoms with Crippen LogP contribution >= 0.6 is 0 Å². The molecular weight excluding hydrogens is 293 g/mol. The maximum Gasteiger partial charge on any atom is 0.231 e. The van der Waals surface area contributed by atoms with Crippen molar-refractivity contribution >= 4 is 5.91 Å². The molecule has 1 fully saturated rings. The Morgan fingerprint density at radius 3 is 2.52 bits per heavy atom. The van der Waals surface area contributed by atoms with Crippen molar-refractivity contribution in [3.8, 4) is 0 Å². The van der Waals surface area contributed by atoms with Crippen molar-refractivity contribution in [1.29, 1.82) is 0 Å². The van der Waals surface area contributed by atoms with Crippen LogP contribution in [0.3, 0.4) is 0 Å². The highest BCUT2D eigenvalue weighted by atomic mass is 19.1. The fourth-order valence-corrected chi connectivity index (χ4v) is 3.23. The molecular formula is C18H20FN3O. The summed E-state index contributed by atoms with van der Waals surface area (Å²) in [5, 5.41) is 2.89. The van der Waals surface area contributed by atoms with E-state index in [0.717, 1.165) is 5.69 Å². The van der Waals surface area contributed by atoms with E-state index in [2.05, 4.69) is 15.3 Å². The third kappa shape index (κ3) is 2.60. The molecule has 0 radical (unpaired) electrons. The summed E-state index contributed by atoms with van der Waals surface area (Å²) in [5.41, 5.74) is 0.907. The predicted molar refractivity (Wildman–Crippen MR) is 85.1 cm³/mol. The highest BCUT2D eigenvalue weighted by Crippen LogP contribution is 2.64. The summed E-state index contributed by atoms with van der Waals surface area (Å²) in [6, 6.07) is 6.52. The van der Waals surface area contributed by atoms with E-state index in [1.54, 1.807) is 30.6 Å². The third-order valence-electron chi connectivity index (χ3n) is 4.72. The maximum absolute atomic E-state index is 14.2. The molecule has 0 bridgehead atoms. The van der Waals surface area contributed by atoms with Gasteiger partial charge in [-0.05, 0) is 24.8 Å². The van der Waals surface area contributed by atoms with Gasteiger partial charge in [0.1, 0.15) is 5.82 Å². The smallest absolute Gasteiger partial charge is 0.231 e. The summed E-state index contributed by atoms with van der Waals surface area (Å²) >= 11 is 0. The van der Waals surface area contributed by atoms with Gasteiger partial charge in [0.15, 0.2) is 0 Å². The highest BCUT2D eigenvalue weighted by molar-refractivity contribution is 5.93. The Balaban J connectivity index is 1.81. The third-order valence-corrected chi connectivity index (χ3v) is 4.72. The molecule has 1 atom stereocenters. The Morgan fingerprint density at radius 1 is 1.26 bits per heavy atom. The minimum atomic E-state index is -0.809. The predicted octanol–water partition coefficient (Wildman–Crippen LogP) is 2.91. The van der Waals surface area contributed by atoms with Crippen molar-refractivity contribution in [2.75, 3.05) is 0 Å². The van der Waals surface area contributed by atoms with E-state index >= 15 is 0 Å². The molecule has 120 valence electrons. The van der Waals surface area contributed by atoms with E-state index in [0.29, 0.717) is 24.2 Å². The van der Waals surface area contributed by atoms with Crippen molar-refractivity contribution < 1.29 is 9.18 Å². The van der Waals surface area contributed by atoms with Crippen molar-refractivity contribution in [3.05, 3.63) is 59.4 Å². The standard InChI is InChI=1S/C18H20FN3O/c1-12-8-21-13(9-20-12)10-22-16(23)18(11-17(18,2)3)14-6-4-5-7-15(14)19/h4-9H,10-11H2,1-3H3,(H,22,23)/t18-/m1/s1. The van der Waals surface area contributed by atoms with Crippen molar-refractivity contribution in [2.24, 2.45) is 5.41 Å². The fraction of sp³-hybridized carbons (Fsp3) is 0.389. The first kappa shape index (κ1) is 15.6. The molecule has 3 rings (SSSR count). The monoisotopic (exact) mass is 313 g/mol. The van der Waals surface area contributed by atoms with Crippen LogP contribution in [-0.4, -0.2) is 15.9 Å². The molecule has 0 aliphatic heterocycles. The second-order valence-corrected chi connectivity index (χ2v) is 6.78. The molecule has 0 saturated heterocycles. The summed E-state index contributed by atoms with van der Waals surface area (Å²) < 4.78 is 14.2. The van der Waals surface area contributed by atoms with Gasteiger partial charge in [-0.3, -0.25) is 14.8 Å². The van der Waals surface area contributed by atoms with Crippen molar-refractivity contribution in [1.82, 2.24) is 15.3 Å². The number of aromatic nitrogens is 2. The molecule has 23 heavy (non-hydrogen) atoms. The van der Waals surface area contributed by atoms with E-state index in [1.165, 1.54) is 6.07 Å². The number of nitrogens with one attached hydrogen (secondary N) is 1. The average molecular weight is 313 g/mol. The normalized spacial score (nSPS) is 21.7. The lowest BCUT2D eigenvalue weighted by molar-refractivity contribution is -0.124. The van der Waals surface area contributed by atoms with Gasteiger partial charge in [-0.1, -0.05) is 32.0 Å². The topological polar surface area (TPSA) is 54.9 Å². The zero-order valence-corrected chi connectivity index (χ0v) is 13.6. The quantitative estimate of drug-likeness (QED) is 0.944. The van der Waals surface area contributed by atoms with Crippen LogP contribution in [0.25, 0.3) is 0 Å². The molecule has 0 unspecified atom stereocenters. The number of benzene rings is 1. The number of nitrogens with zero attached hydrogens (tertiary/aromatic N) is 2. The first-order valence-electron chi connectivity index (χ1n) is 7.68. The zero-order valence-electron chi connectivity index (χ0n) is 13.6. The van der Waals surface area contributed by atoms with E-state index in [4.69, 9.17) is 0 Å². The van der Waals surface area contributed by atoms with Gasteiger partial charge in [0.2, 0.25) is 5.91 Å². The molecule has 1 saturated carbocycles. The number of hydrogen-bond acceptors (Lipinski definition) is 3. The summed E-state index contributed by atoms with van der Waals surface area (Å²) in [7, 11) is 0. The van der Waals surface area contributed by atoms with Crippen LogP contribution in [0.5, 0.6) is 0 Å². The second kappa shape index (κ2) is 5.41.